The van der Waals surface area contributed by atoms with Crippen molar-refractivity contribution in [2.24, 2.45) is 0 Å². The second-order valence-electron chi connectivity index (χ2n) is 7.61. The third-order valence-electron chi connectivity index (χ3n) is 5.39. The standard InChI is InChI=1S/C22H26O10/c23-9-15-19(27)21(29)17(25)13(31-15)7-5-11-1-2-12(4-3-11)6-8-14-18(26)22(30)20(28)16(10-24)32-14/h1-4,13-30H,9-10H2/t13-,14-,15-,16-,17-,18+,19-,20-,21-,22-/m1/s1. The molecule has 1 aromatic carbocycles. The van der Waals surface area contributed by atoms with Gasteiger partial charge < -0.3 is 50.3 Å². The highest BCUT2D eigenvalue weighted by Gasteiger charge is 2.43. The molecule has 2 aliphatic heterocycles. The Morgan fingerprint density at radius 2 is 0.906 bits per heavy atom. The number of benzene rings is 1. The molecule has 0 unspecified atom stereocenters. The molecule has 0 aliphatic carbocycles. The molecule has 0 saturated carbocycles. The van der Waals surface area contributed by atoms with Crippen LogP contribution in [0.25, 0.3) is 0 Å². The zero-order valence-electron chi connectivity index (χ0n) is 16.9. The van der Waals surface area contributed by atoms with Gasteiger partial charge in [-0.1, -0.05) is 23.7 Å². The molecule has 32 heavy (non-hydrogen) atoms. The fraction of sp³-hybridized carbons (Fsp3) is 0.545. The molecule has 0 aromatic heterocycles. The Morgan fingerprint density at radius 3 is 1.22 bits per heavy atom. The van der Waals surface area contributed by atoms with Gasteiger partial charge in [0, 0.05) is 11.1 Å². The molecule has 10 heteroatoms. The molecule has 174 valence electrons. The molecule has 10 atom stereocenters. The number of aliphatic hydroxyl groups excluding tert-OH is 8. The summed E-state index contributed by atoms with van der Waals surface area (Å²) in [4.78, 5) is 0. The molecular weight excluding hydrogens is 424 g/mol. The van der Waals surface area contributed by atoms with Crippen LogP contribution in [0.3, 0.4) is 0 Å². The van der Waals surface area contributed by atoms with E-state index >= 15 is 0 Å². The molecule has 0 radical (unpaired) electrons. The van der Waals surface area contributed by atoms with Gasteiger partial charge in [0.25, 0.3) is 0 Å². The first-order valence-electron chi connectivity index (χ1n) is 10.0. The number of rotatable bonds is 2. The molecular formula is C22H26O10. The minimum absolute atomic E-state index is 0.537. The predicted molar refractivity (Wildman–Crippen MR) is 108 cm³/mol. The first-order valence-corrected chi connectivity index (χ1v) is 10.0. The van der Waals surface area contributed by atoms with Crippen molar-refractivity contribution in [2.45, 2.75) is 61.0 Å². The highest BCUT2D eigenvalue weighted by atomic mass is 16.5. The Kier molecular flexibility index (Phi) is 8.22. The van der Waals surface area contributed by atoms with Crippen LogP contribution in [0.2, 0.25) is 0 Å². The molecule has 2 heterocycles. The summed E-state index contributed by atoms with van der Waals surface area (Å²) in [5, 5.41) is 77.6. The van der Waals surface area contributed by atoms with Gasteiger partial charge in [0.1, 0.15) is 61.0 Å². The van der Waals surface area contributed by atoms with E-state index in [0.29, 0.717) is 11.1 Å². The maximum atomic E-state index is 10.0. The van der Waals surface area contributed by atoms with E-state index in [4.69, 9.17) is 9.47 Å². The monoisotopic (exact) mass is 450 g/mol. The largest absolute Gasteiger partial charge is 0.394 e. The van der Waals surface area contributed by atoms with Crippen LogP contribution in [0, 0.1) is 23.7 Å². The average Bonchev–Trinajstić information content (AvgIpc) is 2.81. The Hall–Kier alpha value is -2.06. The van der Waals surface area contributed by atoms with Gasteiger partial charge in [0.15, 0.2) is 0 Å². The summed E-state index contributed by atoms with van der Waals surface area (Å²) < 4.78 is 10.7. The van der Waals surface area contributed by atoms with Crippen LogP contribution in [0.4, 0.5) is 0 Å². The molecule has 2 aliphatic rings. The summed E-state index contributed by atoms with van der Waals surface area (Å²) in [6, 6.07) is 6.53. The highest BCUT2D eigenvalue weighted by molar-refractivity contribution is 5.43. The normalized spacial score (nSPS) is 39.4. The summed E-state index contributed by atoms with van der Waals surface area (Å²) in [6.07, 6.45) is -13.1. The predicted octanol–water partition coefficient (Wildman–Crippen LogP) is -3.93. The van der Waals surface area contributed by atoms with Crippen molar-refractivity contribution in [1.29, 1.82) is 0 Å². The lowest BCUT2D eigenvalue weighted by Crippen LogP contribution is -2.58. The molecule has 2 fully saturated rings. The van der Waals surface area contributed by atoms with Crippen LogP contribution >= 0.6 is 0 Å². The van der Waals surface area contributed by atoms with Crippen molar-refractivity contribution in [3.63, 3.8) is 0 Å². The van der Waals surface area contributed by atoms with Crippen molar-refractivity contribution in [1.82, 2.24) is 0 Å². The lowest BCUT2D eigenvalue weighted by molar-refractivity contribution is -0.214. The Morgan fingerprint density at radius 1 is 0.562 bits per heavy atom. The molecule has 0 spiro atoms. The third-order valence-corrected chi connectivity index (χ3v) is 5.39. The number of aliphatic hydroxyl groups is 8. The van der Waals surface area contributed by atoms with Crippen LogP contribution < -0.4 is 0 Å². The van der Waals surface area contributed by atoms with Gasteiger partial charge in [-0.25, -0.2) is 0 Å². The van der Waals surface area contributed by atoms with E-state index in [9.17, 15) is 40.9 Å². The van der Waals surface area contributed by atoms with Crippen LogP contribution in [-0.2, 0) is 9.47 Å². The maximum absolute atomic E-state index is 10.0. The van der Waals surface area contributed by atoms with Crippen molar-refractivity contribution in [3.8, 4) is 23.7 Å². The first-order chi connectivity index (χ1) is 15.3. The molecule has 8 N–H and O–H groups in total. The van der Waals surface area contributed by atoms with Gasteiger partial charge in [-0.2, -0.15) is 0 Å². The number of ether oxygens (including phenoxy) is 2. The molecule has 10 nitrogen and oxygen atoms in total. The molecule has 2 saturated heterocycles. The lowest BCUT2D eigenvalue weighted by atomic mass is 9.95. The van der Waals surface area contributed by atoms with E-state index in [0.717, 1.165) is 0 Å². The van der Waals surface area contributed by atoms with Crippen molar-refractivity contribution < 1.29 is 50.3 Å². The van der Waals surface area contributed by atoms with Gasteiger partial charge >= 0.3 is 0 Å². The summed E-state index contributed by atoms with van der Waals surface area (Å²) in [5.41, 5.74) is 1.08. The van der Waals surface area contributed by atoms with E-state index < -0.39 is 74.3 Å². The van der Waals surface area contributed by atoms with Crippen LogP contribution in [-0.4, -0.2) is 115 Å². The van der Waals surface area contributed by atoms with E-state index in [-0.39, 0.29) is 0 Å². The van der Waals surface area contributed by atoms with Crippen molar-refractivity contribution >= 4 is 0 Å². The summed E-state index contributed by atoms with van der Waals surface area (Å²) in [6.45, 7) is -1.07. The minimum atomic E-state index is -1.50. The molecule has 0 amide bonds. The smallest absolute Gasteiger partial charge is 0.147 e. The van der Waals surface area contributed by atoms with Gasteiger partial charge in [-0.15, -0.1) is 0 Å². The summed E-state index contributed by atoms with van der Waals surface area (Å²) in [5.74, 6) is 10.9. The quantitative estimate of drug-likeness (QED) is 0.207. The second-order valence-corrected chi connectivity index (χ2v) is 7.61. The fourth-order valence-corrected chi connectivity index (χ4v) is 3.39. The molecule has 1 aromatic rings. The first kappa shape index (κ1) is 24.6. The SMILES string of the molecule is OC[C@H]1O[C@H](C#Cc2ccc(C#C[C@H]3O[C@H](CO)[C@@H](O)[C@H](O)[C@@H]3O)cc2)[C@H](O)[C@@H](O)[C@@H]1O. The van der Waals surface area contributed by atoms with Crippen LogP contribution in [0.15, 0.2) is 24.3 Å². The number of hydrogen-bond donors (Lipinski definition) is 8. The van der Waals surface area contributed by atoms with Crippen molar-refractivity contribution in [2.75, 3.05) is 13.2 Å². The Balaban J connectivity index is 1.67. The highest BCUT2D eigenvalue weighted by Crippen LogP contribution is 2.22. The summed E-state index contributed by atoms with van der Waals surface area (Å²) in [7, 11) is 0. The van der Waals surface area contributed by atoms with Gasteiger partial charge in [0.05, 0.1) is 13.2 Å². The fourth-order valence-electron chi connectivity index (χ4n) is 3.39. The number of hydrogen-bond acceptors (Lipinski definition) is 10. The van der Waals surface area contributed by atoms with Crippen LogP contribution in [0.1, 0.15) is 11.1 Å². The van der Waals surface area contributed by atoms with E-state index in [2.05, 4.69) is 23.7 Å². The Bertz CT molecular complexity index is 805. The van der Waals surface area contributed by atoms with E-state index in [1.165, 1.54) is 0 Å². The van der Waals surface area contributed by atoms with Crippen molar-refractivity contribution in [3.05, 3.63) is 35.4 Å². The van der Waals surface area contributed by atoms with Crippen LogP contribution in [0.5, 0.6) is 0 Å². The molecule has 0 bridgehead atoms. The maximum Gasteiger partial charge on any atom is 0.147 e. The van der Waals surface area contributed by atoms with E-state index in [1.54, 1.807) is 24.3 Å². The van der Waals surface area contributed by atoms with Gasteiger partial charge in [0.2, 0.25) is 0 Å². The van der Waals surface area contributed by atoms with Gasteiger partial charge in [-0.05, 0) is 24.3 Å². The zero-order valence-corrected chi connectivity index (χ0v) is 16.9. The second kappa shape index (κ2) is 10.7. The lowest BCUT2D eigenvalue weighted by Gasteiger charge is -2.37. The summed E-state index contributed by atoms with van der Waals surface area (Å²) >= 11 is 0. The topological polar surface area (TPSA) is 180 Å². The van der Waals surface area contributed by atoms with Gasteiger partial charge in [-0.3, -0.25) is 0 Å². The van der Waals surface area contributed by atoms with E-state index in [1.807, 2.05) is 0 Å². The Labute approximate surface area is 184 Å². The average molecular weight is 450 g/mol. The molecule has 3 rings (SSSR count). The minimum Gasteiger partial charge on any atom is -0.394 e. The third kappa shape index (κ3) is 5.29. The zero-order chi connectivity index (χ0) is 23.4.